The Bertz CT molecular complexity index is 514. The molecule has 2 rings (SSSR count). The molecular weight excluding hydrogens is 246 g/mol. The molecule has 0 N–H and O–H groups in total. The van der Waals surface area contributed by atoms with E-state index in [9.17, 15) is 0 Å². The molecule has 0 atom stereocenters. The lowest BCUT2D eigenvalue weighted by molar-refractivity contribution is 0.859. The molecule has 2 aromatic rings. The maximum Gasteiger partial charge on any atom is 0.131 e. The largest absolute Gasteiger partial charge is 0.354 e. The van der Waals surface area contributed by atoms with Gasteiger partial charge in [-0.3, -0.25) is 4.98 Å². The van der Waals surface area contributed by atoms with Gasteiger partial charge in [0.1, 0.15) is 5.82 Å². The third-order valence-electron chi connectivity index (χ3n) is 2.75. The molecule has 3 nitrogen and oxygen atoms in total. The first-order valence-electron chi connectivity index (χ1n) is 5.83. The van der Waals surface area contributed by atoms with Crippen molar-refractivity contribution >= 4 is 17.4 Å². The highest BCUT2D eigenvalue weighted by atomic mass is 35.5. The average Bonchev–Trinajstić information content (AvgIpc) is 2.39. The summed E-state index contributed by atoms with van der Waals surface area (Å²) in [5.74, 6) is 1.47. The van der Waals surface area contributed by atoms with Crippen LogP contribution in [0.3, 0.4) is 0 Å². The first-order valence-corrected chi connectivity index (χ1v) is 6.36. The highest BCUT2D eigenvalue weighted by molar-refractivity contribution is 6.17. The summed E-state index contributed by atoms with van der Waals surface area (Å²) in [5.41, 5.74) is 3.21. The topological polar surface area (TPSA) is 29.0 Å². The summed E-state index contributed by atoms with van der Waals surface area (Å²) in [7, 11) is 2.02. The van der Waals surface area contributed by atoms with Crippen molar-refractivity contribution in [3.05, 3.63) is 53.5 Å². The van der Waals surface area contributed by atoms with Crippen LogP contribution in [-0.2, 0) is 12.4 Å². The number of pyridine rings is 2. The molecule has 94 valence electrons. The van der Waals surface area contributed by atoms with E-state index in [4.69, 9.17) is 11.6 Å². The summed E-state index contributed by atoms with van der Waals surface area (Å²) in [4.78, 5) is 10.9. The Kier molecular flexibility index (Phi) is 4.15. The van der Waals surface area contributed by atoms with E-state index in [1.807, 2.05) is 38.4 Å². The predicted molar refractivity (Wildman–Crippen MR) is 74.9 cm³/mol. The molecule has 0 spiro atoms. The number of halogens is 1. The maximum absolute atomic E-state index is 5.80. The summed E-state index contributed by atoms with van der Waals surface area (Å²) < 4.78 is 0. The Morgan fingerprint density at radius 1 is 1.28 bits per heavy atom. The number of aromatic nitrogens is 2. The lowest BCUT2D eigenvalue weighted by Gasteiger charge is -2.20. The SMILES string of the molecule is Cc1cc(CCl)cnc1N(C)Cc1ccccn1. The third kappa shape index (κ3) is 2.99. The van der Waals surface area contributed by atoms with Gasteiger partial charge in [0.25, 0.3) is 0 Å². The van der Waals surface area contributed by atoms with Crippen LogP contribution < -0.4 is 4.90 Å². The van der Waals surface area contributed by atoms with E-state index in [0.717, 1.165) is 29.2 Å². The van der Waals surface area contributed by atoms with Crippen LogP contribution >= 0.6 is 11.6 Å². The first kappa shape index (κ1) is 12.8. The molecule has 18 heavy (non-hydrogen) atoms. The second kappa shape index (κ2) is 5.83. The van der Waals surface area contributed by atoms with E-state index in [0.29, 0.717) is 5.88 Å². The van der Waals surface area contributed by atoms with E-state index in [1.165, 1.54) is 0 Å². The van der Waals surface area contributed by atoms with E-state index in [1.54, 1.807) is 6.20 Å². The minimum Gasteiger partial charge on any atom is -0.354 e. The van der Waals surface area contributed by atoms with Gasteiger partial charge in [0.2, 0.25) is 0 Å². The molecule has 0 aliphatic rings. The zero-order valence-corrected chi connectivity index (χ0v) is 11.4. The number of hydrogen-bond acceptors (Lipinski definition) is 3. The van der Waals surface area contributed by atoms with Crippen LogP contribution in [0, 0.1) is 6.92 Å². The van der Waals surface area contributed by atoms with Gasteiger partial charge in [0, 0.05) is 25.3 Å². The van der Waals surface area contributed by atoms with Crippen LogP contribution in [0.2, 0.25) is 0 Å². The van der Waals surface area contributed by atoms with Gasteiger partial charge >= 0.3 is 0 Å². The predicted octanol–water partition coefficient (Wildman–Crippen LogP) is 3.16. The molecule has 0 bridgehead atoms. The van der Waals surface area contributed by atoms with Crippen molar-refractivity contribution in [3.63, 3.8) is 0 Å². The van der Waals surface area contributed by atoms with Gasteiger partial charge in [0.15, 0.2) is 0 Å². The van der Waals surface area contributed by atoms with E-state index >= 15 is 0 Å². The monoisotopic (exact) mass is 261 g/mol. The summed E-state index contributed by atoms with van der Waals surface area (Å²) >= 11 is 5.80. The van der Waals surface area contributed by atoms with Gasteiger partial charge in [-0.15, -0.1) is 11.6 Å². The van der Waals surface area contributed by atoms with Crippen molar-refractivity contribution in [1.29, 1.82) is 0 Å². The molecule has 0 amide bonds. The highest BCUT2D eigenvalue weighted by Gasteiger charge is 2.08. The van der Waals surface area contributed by atoms with Crippen LogP contribution in [0.25, 0.3) is 0 Å². The van der Waals surface area contributed by atoms with Crippen molar-refractivity contribution < 1.29 is 0 Å². The molecule has 0 aliphatic carbocycles. The van der Waals surface area contributed by atoms with Gasteiger partial charge in [-0.1, -0.05) is 6.07 Å². The van der Waals surface area contributed by atoms with Crippen molar-refractivity contribution in [2.24, 2.45) is 0 Å². The van der Waals surface area contributed by atoms with E-state index in [2.05, 4.69) is 20.9 Å². The Morgan fingerprint density at radius 3 is 2.72 bits per heavy atom. The molecule has 0 aromatic carbocycles. The molecule has 2 heterocycles. The first-order chi connectivity index (χ1) is 8.70. The molecule has 2 aromatic heterocycles. The van der Waals surface area contributed by atoms with Crippen LogP contribution in [0.5, 0.6) is 0 Å². The minimum absolute atomic E-state index is 0.498. The van der Waals surface area contributed by atoms with Crippen molar-refractivity contribution in [2.45, 2.75) is 19.3 Å². The molecule has 0 unspecified atom stereocenters. The fraction of sp³-hybridized carbons (Fsp3) is 0.286. The van der Waals surface area contributed by atoms with Crippen LogP contribution in [0.1, 0.15) is 16.8 Å². The van der Waals surface area contributed by atoms with Gasteiger partial charge in [-0.05, 0) is 36.2 Å². The normalized spacial score (nSPS) is 10.4. The number of anilines is 1. The lowest BCUT2D eigenvalue weighted by atomic mass is 10.2. The Balaban J connectivity index is 2.16. The second-order valence-electron chi connectivity index (χ2n) is 4.29. The van der Waals surface area contributed by atoms with Crippen LogP contribution in [0.4, 0.5) is 5.82 Å². The third-order valence-corrected chi connectivity index (χ3v) is 3.06. The zero-order chi connectivity index (χ0) is 13.0. The fourth-order valence-corrected chi connectivity index (χ4v) is 2.05. The van der Waals surface area contributed by atoms with E-state index in [-0.39, 0.29) is 0 Å². The summed E-state index contributed by atoms with van der Waals surface area (Å²) in [6.45, 7) is 2.79. The number of aryl methyl sites for hydroxylation is 1. The standard InChI is InChI=1S/C14H16ClN3/c1-11-7-12(8-15)9-17-14(11)18(2)10-13-5-3-4-6-16-13/h3-7,9H,8,10H2,1-2H3. The van der Waals surface area contributed by atoms with Crippen molar-refractivity contribution in [2.75, 3.05) is 11.9 Å². The number of rotatable bonds is 4. The lowest BCUT2D eigenvalue weighted by Crippen LogP contribution is -2.19. The quantitative estimate of drug-likeness (QED) is 0.792. The summed E-state index contributed by atoms with van der Waals surface area (Å²) in [5, 5.41) is 0. The van der Waals surface area contributed by atoms with Crippen molar-refractivity contribution in [3.8, 4) is 0 Å². The fourth-order valence-electron chi connectivity index (χ4n) is 1.91. The summed E-state index contributed by atoms with van der Waals surface area (Å²) in [6.07, 6.45) is 3.63. The van der Waals surface area contributed by atoms with Crippen LogP contribution in [0.15, 0.2) is 36.7 Å². The van der Waals surface area contributed by atoms with E-state index < -0.39 is 0 Å². The molecule has 4 heteroatoms. The van der Waals surface area contributed by atoms with Crippen molar-refractivity contribution in [1.82, 2.24) is 9.97 Å². The molecule has 0 fully saturated rings. The Hall–Kier alpha value is -1.61. The smallest absolute Gasteiger partial charge is 0.131 e. The molecular formula is C14H16ClN3. The Morgan fingerprint density at radius 2 is 2.11 bits per heavy atom. The summed E-state index contributed by atoms with van der Waals surface area (Å²) in [6, 6.07) is 8.00. The molecule has 0 saturated heterocycles. The number of hydrogen-bond donors (Lipinski definition) is 0. The molecule has 0 radical (unpaired) electrons. The maximum atomic E-state index is 5.80. The number of nitrogens with zero attached hydrogens (tertiary/aromatic N) is 3. The van der Waals surface area contributed by atoms with Gasteiger partial charge in [-0.2, -0.15) is 0 Å². The van der Waals surface area contributed by atoms with Gasteiger partial charge in [0.05, 0.1) is 12.2 Å². The average molecular weight is 262 g/mol. The van der Waals surface area contributed by atoms with Gasteiger partial charge in [-0.25, -0.2) is 4.98 Å². The Labute approximate surface area is 112 Å². The zero-order valence-electron chi connectivity index (χ0n) is 10.6. The number of alkyl halides is 1. The van der Waals surface area contributed by atoms with Crippen LogP contribution in [-0.4, -0.2) is 17.0 Å². The van der Waals surface area contributed by atoms with Gasteiger partial charge < -0.3 is 4.90 Å². The molecule has 0 aliphatic heterocycles. The molecule has 0 saturated carbocycles. The second-order valence-corrected chi connectivity index (χ2v) is 4.56. The highest BCUT2D eigenvalue weighted by Crippen LogP contribution is 2.18. The minimum atomic E-state index is 0.498.